The van der Waals surface area contributed by atoms with Gasteiger partial charge in [-0.2, -0.15) is 13.2 Å². The van der Waals surface area contributed by atoms with E-state index in [2.05, 4.69) is 35.8 Å². The molecule has 1 fully saturated rings. The summed E-state index contributed by atoms with van der Waals surface area (Å²) >= 11 is 0. The van der Waals surface area contributed by atoms with Crippen LogP contribution in [0, 0.1) is 0 Å². The number of nitrogens with one attached hydrogen (secondary N) is 1. The molecular formula is C28H35F3N4O2. The lowest BCUT2D eigenvalue weighted by Crippen LogP contribution is -2.55. The first kappa shape index (κ1) is 27.3. The Morgan fingerprint density at radius 3 is 2.27 bits per heavy atom. The van der Waals surface area contributed by atoms with Gasteiger partial charge in [0.1, 0.15) is 0 Å². The van der Waals surface area contributed by atoms with E-state index >= 15 is 0 Å². The molecule has 0 aliphatic carbocycles. The number of hydroxylamine groups is 1. The van der Waals surface area contributed by atoms with Gasteiger partial charge in [0, 0.05) is 56.9 Å². The van der Waals surface area contributed by atoms with Gasteiger partial charge in [-0.1, -0.05) is 42.5 Å². The van der Waals surface area contributed by atoms with Crippen LogP contribution in [0.2, 0.25) is 0 Å². The molecule has 2 atom stereocenters. The maximum Gasteiger partial charge on any atom is 0.401 e. The van der Waals surface area contributed by atoms with E-state index < -0.39 is 18.6 Å². The van der Waals surface area contributed by atoms with Crippen molar-refractivity contribution in [3.8, 4) is 0 Å². The van der Waals surface area contributed by atoms with E-state index in [-0.39, 0.29) is 0 Å². The van der Waals surface area contributed by atoms with Crippen LogP contribution in [0.4, 0.5) is 13.2 Å². The molecular weight excluding hydrogens is 481 g/mol. The predicted molar refractivity (Wildman–Crippen MR) is 137 cm³/mol. The number of alkyl halides is 3. The number of hydrogen-bond acceptors (Lipinski definition) is 5. The minimum absolute atomic E-state index is 0.318. The van der Waals surface area contributed by atoms with Crippen molar-refractivity contribution in [3.63, 3.8) is 0 Å². The molecule has 0 saturated carbocycles. The third-order valence-electron chi connectivity index (χ3n) is 7.31. The summed E-state index contributed by atoms with van der Waals surface area (Å²) in [6.07, 6.45) is -1.60. The Balaban J connectivity index is 1.39. The summed E-state index contributed by atoms with van der Waals surface area (Å²) in [4.78, 5) is 17.9. The zero-order chi connectivity index (χ0) is 26.6. The Hall–Kier alpha value is -2.72. The molecule has 2 heterocycles. The SMILES string of the molecule is CC1CN(Cc2ccc(C(=O)NO)cc2)CC(C)N1Cc1ccccc1C1=CCN(CC(F)(F)F)CC1. The minimum atomic E-state index is -4.17. The van der Waals surface area contributed by atoms with Crippen LogP contribution < -0.4 is 5.48 Å². The van der Waals surface area contributed by atoms with Gasteiger partial charge in [0.05, 0.1) is 6.54 Å². The van der Waals surface area contributed by atoms with Crippen LogP contribution in [0.5, 0.6) is 0 Å². The van der Waals surface area contributed by atoms with Crippen LogP contribution in [0.25, 0.3) is 5.57 Å². The van der Waals surface area contributed by atoms with Gasteiger partial charge in [0.15, 0.2) is 0 Å². The second kappa shape index (κ2) is 11.8. The summed E-state index contributed by atoms with van der Waals surface area (Å²) < 4.78 is 38.3. The van der Waals surface area contributed by atoms with E-state index in [9.17, 15) is 18.0 Å². The highest BCUT2D eigenvalue weighted by atomic mass is 19.4. The first-order valence-electron chi connectivity index (χ1n) is 12.7. The molecule has 0 bridgehead atoms. The number of carbonyl (C=O) groups excluding carboxylic acids is 1. The summed E-state index contributed by atoms with van der Waals surface area (Å²) in [7, 11) is 0. The maximum atomic E-state index is 12.8. The summed E-state index contributed by atoms with van der Waals surface area (Å²) in [5.74, 6) is -0.523. The van der Waals surface area contributed by atoms with Gasteiger partial charge >= 0.3 is 6.18 Å². The van der Waals surface area contributed by atoms with Crippen molar-refractivity contribution in [1.29, 1.82) is 0 Å². The van der Waals surface area contributed by atoms with Crippen LogP contribution in [0.1, 0.15) is 47.3 Å². The average Bonchev–Trinajstić information content (AvgIpc) is 2.86. The van der Waals surface area contributed by atoms with E-state index in [1.165, 1.54) is 10.5 Å². The van der Waals surface area contributed by atoms with Gasteiger partial charge < -0.3 is 0 Å². The van der Waals surface area contributed by atoms with Crippen molar-refractivity contribution >= 4 is 11.5 Å². The van der Waals surface area contributed by atoms with Crippen molar-refractivity contribution in [2.24, 2.45) is 0 Å². The lowest BCUT2D eigenvalue weighted by atomic mass is 9.93. The molecule has 2 aromatic rings. The van der Waals surface area contributed by atoms with Gasteiger partial charge in [-0.15, -0.1) is 0 Å². The number of carbonyl (C=O) groups is 1. The standard InChI is InChI=1S/C28H35F3N4O2/c1-20-15-34(17-22-7-9-24(10-8-22)27(36)32-37)16-21(2)35(20)18-25-5-3-4-6-26(25)23-11-13-33(14-12-23)19-28(29,30)31/h3-11,20-21,37H,12-19H2,1-2H3,(H,32,36). The van der Waals surface area contributed by atoms with Crippen molar-refractivity contribution in [2.75, 3.05) is 32.7 Å². The lowest BCUT2D eigenvalue weighted by molar-refractivity contribution is -0.144. The molecule has 6 nitrogen and oxygen atoms in total. The fourth-order valence-corrected chi connectivity index (χ4v) is 5.51. The number of halogens is 3. The van der Waals surface area contributed by atoms with Crippen molar-refractivity contribution in [1.82, 2.24) is 20.2 Å². The fourth-order valence-electron chi connectivity index (χ4n) is 5.51. The van der Waals surface area contributed by atoms with Crippen LogP contribution in [0.15, 0.2) is 54.6 Å². The first-order chi connectivity index (χ1) is 17.6. The molecule has 0 aromatic heterocycles. The number of amides is 1. The van der Waals surface area contributed by atoms with Gasteiger partial charge in [-0.25, -0.2) is 5.48 Å². The zero-order valence-electron chi connectivity index (χ0n) is 21.3. The van der Waals surface area contributed by atoms with Crippen molar-refractivity contribution in [3.05, 3.63) is 76.9 Å². The normalized spacial score (nSPS) is 22.1. The molecule has 2 aliphatic rings. The first-order valence-corrected chi connectivity index (χ1v) is 12.7. The minimum Gasteiger partial charge on any atom is -0.296 e. The Labute approximate surface area is 216 Å². The van der Waals surface area contributed by atoms with E-state index in [1.54, 1.807) is 17.6 Å². The molecule has 1 saturated heterocycles. The summed E-state index contributed by atoms with van der Waals surface area (Å²) in [6, 6.07) is 16.1. The summed E-state index contributed by atoms with van der Waals surface area (Å²) in [6.45, 7) is 7.71. The van der Waals surface area contributed by atoms with E-state index in [4.69, 9.17) is 5.21 Å². The van der Waals surface area contributed by atoms with Crippen molar-refractivity contribution < 1.29 is 23.2 Å². The molecule has 0 spiro atoms. The number of piperazine rings is 1. The largest absolute Gasteiger partial charge is 0.401 e. The van der Waals surface area contributed by atoms with Crippen molar-refractivity contribution in [2.45, 2.75) is 51.6 Å². The van der Waals surface area contributed by atoms with Crippen LogP contribution in [-0.2, 0) is 13.1 Å². The van der Waals surface area contributed by atoms with E-state index in [0.29, 0.717) is 37.2 Å². The van der Waals surface area contributed by atoms with E-state index in [1.807, 2.05) is 30.3 Å². The smallest absolute Gasteiger partial charge is 0.296 e. The van der Waals surface area contributed by atoms with Gasteiger partial charge in [0.25, 0.3) is 5.91 Å². The summed E-state index contributed by atoms with van der Waals surface area (Å²) in [5, 5.41) is 8.79. The Morgan fingerprint density at radius 1 is 1.00 bits per heavy atom. The Kier molecular flexibility index (Phi) is 8.69. The third kappa shape index (κ3) is 7.19. The zero-order valence-corrected chi connectivity index (χ0v) is 21.3. The quantitative estimate of drug-likeness (QED) is 0.418. The van der Waals surface area contributed by atoms with Crippen LogP contribution in [-0.4, -0.2) is 76.8 Å². The second-order valence-corrected chi connectivity index (χ2v) is 10.2. The monoisotopic (exact) mass is 516 g/mol. The molecule has 2 unspecified atom stereocenters. The predicted octanol–water partition coefficient (Wildman–Crippen LogP) is 4.55. The Morgan fingerprint density at radius 2 is 1.68 bits per heavy atom. The molecule has 4 rings (SSSR count). The van der Waals surface area contributed by atoms with E-state index in [0.717, 1.165) is 42.9 Å². The molecule has 1 amide bonds. The fraction of sp³-hybridized carbons (Fsp3) is 0.464. The molecule has 0 radical (unpaired) electrons. The number of benzene rings is 2. The number of rotatable bonds is 7. The highest BCUT2D eigenvalue weighted by Gasteiger charge is 2.32. The van der Waals surface area contributed by atoms with Crippen LogP contribution in [0.3, 0.4) is 0 Å². The highest BCUT2D eigenvalue weighted by molar-refractivity contribution is 5.93. The topological polar surface area (TPSA) is 59.1 Å². The number of nitrogens with zero attached hydrogens (tertiary/aromatic N) is 3. The van der Waals surface area contributed by atoms with Gasteiger partial charge in [-0.05, 0) is 54.7 Å². The third-order valence-corrected chi connectivity index (χ3v) is 7.31. The van der Waals surface area contributed by atoms with Gasteiger partial charge in [0.2, 0.25) is 0 Å². The summed E-state index contributed by atoms with van der Waals surface area (Å²) in [5.41, 5.74) is 6.66. The van der Waals surface area contributed by atoms with Crippen LogP contribution >= 0.6 is 0 Å². The Bertz CT molecular complexity index is 1090. The maximum absolute atomic E-state index is 12.8. The number of hydrogen-bond donors (Lipinski definition) is 2. The molecule has 2 N–H and O–H groups in total. The molecule has 2 aromatic carbocycles. The second-order valence-electron chi connectivity index (χ2n) is 10.2. The average molecular weight is 517 g/mol. The molecule has 9 heteroatoms. The lowest BCUT2D eigenvalue weighted by Gasteiger charge is -2.45. The van der Waals surface area contributed by atoms with Gasteiger partial charge in [-0.3, -0.25) is 24.7 Å². The highest BCUT2D eigenvalue weighted by Crippen LogP contribution is 2.29. The molecule has 37 heavy (non-hydrogen) atoms. The molecule has 2 aliphatic heterocycles. The molecule has 200 valence electrons.